The number of ether oxygens (including phenoxy) is 1. The van der Waals surface area contributed by atoms with Crippen LogP contribution in [0, 0.1) is 11.7 Å². The smallest absolute Gasteiger partial charge is 0.193 e. The molecule has 0 atom stereocenters. The van der Waals surface area contributed by atoms with Crippen molar-refractivity contribution < 1.29 is 9.13 Å². The average Bonchev–Trinajstić information content (AvgIpc) is 3.37. The van der Waals surface area contributed by atoms with Gasteiger partial charge in [-0.3, -0.25) is 4.99 Å². The molecule has 1 aliphatic carbocycles. The molecule has 0 spiro atoms. The molecular weight excluding hydrogens is 440 g/mol. The van der Waals surface area contributed by atoms with Gasteiger partial charge in [0.2, 0.25) is 0 Å². The van der Waals surface area contributed by atoms with Crippen LogP contribution in [0.3, 0.4) is 0 Å². The number of nitrogens with one attached hydrogen (secondary N) is 1. The summed E-state index contributed by atoms with van der Waals surface area (Å²) in [6.07, 6.45) is 2.64. The fraction of sp³-hybridized carbons (Fsp3) is 0.588. The summed E-state index contributed by atoms with van der Waals surface area (Å²) in [6, 6.07) is 6.86. The number of thioether (sulfide) groups is 1. The van der Waals surface area contributed by atoms with Gasteiger partial charge >= 0.3 is 0 Å². The summed E-state index contributed by atoms with van der Waals surface area (Å²) < 4.78 is 19.2. The molecule has 1 saturated carbocycles. The minimum absolute atomic E-state index is 0. The second kappa shape index (κ2) is 11.9. The molecule has 1 aromatic rings. The zero-order chi connectivity index (χ0) is 16.5. The van der Waals surface area contributed by atoms with Crippen molar-refractivity contribution in [2.45, 2.75) is 17.7 Å². The molecule has 1 aliphatic rings. The van der Waals surface area contributed by atoms with Crippen molar-refractivity contribution in [3.63, 3.8) is 0 Å². The van der Waals surface area contributed by atoms with Gasteiger partial charge in [-0.05, 0) is 30.9 Å². The topological polar surface area (TPSA) is 36.9 Å². The second-order valence-corrected chi connectivity index (χ2v) is 6.83. The Morgan fingerprint density at radius 1 is 1.42 bits per heavy atom. The van der Waals surface area contributed by atoms with Crippen molar-refractivity contribution in [3.05, 3.63) is 30.1 Å². The number of rotatable bonds is 9. The highest BCUT2D eigenvalue weighted by Gasteiger charge is 2.21. The van der Waals surface area contributed by atoms with E-state index in [1.165, 1.54) is 30.7 Å². The first-order valence-electron chi connectivity index (χ1n) is 8.07. The van der Waals surface area contributed by atoms with Gasteiger partial charge in [0.15, 0.2) is 5.96 Å². The highest BCUT2D eigenvalue weighted by atomic mass is 127. The largest absolute Gasteiger partial charge is 0.379 e. The Morgan fingerprint density at radius 3 is 2.83 bits per heavy atom. The molecule has 1 fully saturated rings. The number of hydrogen-bond donors (Lipinski definition) is 1. The molecule has 1 aromatic carbocycles. The summed E-state index contributed by atoms with van der Waals surface area (Å²) in [4.78, 5) is 7.01. The van der Waals surface area contributed by atoms with Crippen LogP contribution in [0.1, 0.15) is 12.8 Å². The van der Waals surface area contributed by atoms with E-state index in [2.05, 4.69) is 15.2 Å². The molecule has 0 aliphatic heterocycles. The molecule has 0 amide bonds. The third-order valence-corrected chi connectivity index (χ3v) is 4.72. The van der Waals surface area contributed by atoms with Crippen LogP contribution in [0.25, 0.3) is 0 Å². The fourth-order valence-electron chi connectivity index (χ4n) is 2.11. The maximum atomic E-state index is 13.5. The van der Waals surface area contributed by atoms with E-state index in [4.69, 9.17) is 4.74 Å². The first-order chi connectivity index (χ1) is 11.2. The van der Waals surface area contributed by atoms with Crippen LogP contribution in [0.15, 0.2) is 34.2 Å². The lowest BCUT2D eigenvalue weighted by Gasteiger charge is -2.22. The highest BCUT2D eigenvalue weighted by molar-refractivity contribution is 14.0. The number of aliphatic imine (C=N–C) groups is 1. The summed E-state index contributed by atoms with van der Waals surface area (Å²) in [7, 11) is 3.77. The van der Waals surface area contributed by atoms with Gasteiger partial charge in [0.1, 0.15) is 5.82 Å². The number of benzene rings is 1. The average molecular weight is 467 g/mol. The Balaban J connectivity index is 0.00000288. The number of halogens is 2. The molecular formula is C17H27FIN3OS. The van der Waals surface area contributed by atoms with Crippen LogP contribution in [0.2, 0.25) is 0 Å². The molecule has 136 valence electrons. The Hall–Kier alpha value is -0.540. The van der Waals surface area contributed by atoms with E-state index in [9.17, 15) is 4.39 Å². The lowest BCUT2D eigenvalue weighted by Crippen LogP contribution is -2.41. The predicted molar refractivity (Wildman–Crippen MR) is 110 cm³/mol. The van der Waals surface area contributed by atoms with E-state index in [0.717, 1.165) is 43.9 Å². The van der Waals surface area contributed by atoms with Crippen LogP contribution in [-0.2, 0) is 4.74 Å². The molecule has 4 nitrogen and oxygen atoms in total. The molecule has 7 heteroatoms. The molecule has 0 heterocycles. The first kappa shape index (κ1) is 21.5. The number of hydrogen-bond acceptors (Lipinski definition) is 3. The summed E-state index contributed by atoms with van der Waals surface area (Å²) in [5.41, 5.74) is 0. The number of likely N-dealkylation sites (N-methyl/N-ethyl adjacent to an activating group) is 1. The minimum Gasteiger partial charge on any atom is -0.379 e. The van der Waals surface area contributed by atoms with Crippen molar-refractivity contribution in [1.82, 2.24) is 10.2 Å². The van der Waals surface area contributed by atoms with E-state index < -0.39 is 0 Å². The SMILES string of the molecule is CN=C(NCCSc1ccccc1F)N(C)CCOCC1CC1.I. The lowest BCUT2D eigenvalue weighted by atomic mass is 10.3. The van der Waals surface area contributed by atoms with Gasteiger partial charge in [-0.1, -0.05) is 12.1 Å². The third-order valence-electron chi connectivity index (χ3n) is 3.67. The van der Waals surface area contributed by atoms with E-state index in [0.29, 0.717) is 4.90 Å². The van der Waals surface area contributed by atoms with Gasteiger partial charge in [-0.2, -0.15) is 0 Å². The van der Waals surface area contributed by atoms with Crippen LogP contribution in [-0.4, -0.2) is 57.0 Å². The van der Waals surface area contributed by atoms with Crippen molar-refractivity contribution in [2.24, 2.45) is 10.9 Å². The third kappa shape index (κ3) is 8.02. The Bertz CT molecular complexity index is 514. The maximum Gasteiger partial charge on any atom is 0.193 e. The van der Waals surface area contributed by atoms with Crippen LogP contribution >= 0.6 is 35.7 Å². The Kier molecular flexibility index (Phi) is 10.7. The molecule has 24 heavy (non-hydrogen) atoms. The number of nitrogens with zero attached hydrogens (tertiary/aromatic N) is 2. The zero-order valence-corrected chi connectivity index (χ0v) is 17.5. The summed E-state index contributed by atoms with van der Waals surface area (Å²) in [5, 5.41) is 3.30. The monoisotopic (exact) mass is 467 g/mol. The van der Waals surface area contributed by atoms with E-state index in [1.54, 1.807) is 19.2 Å². The molecule has 2 rings (SSSR count). The molecule has 1 N–H and O–H groups in total. The van der Waals surface area contributed by atoms with Gasteiger partial charge in [-0.15, -0.1) is 35.7 Å². The molecule has 0 bridgehead atoms. The van der Waals surface area contributed by atoms with Gasteiger partial charge in [0, 0.05) is 44.4 Å². The van der Waals surface area contributed by atoms with Gasteiger partial charge in [0.25, 0.3) is 0 Å². The van der Waals surface area contributed by atoms with Crippen LogP contribution in [0.4, 0.5) is 4.39 Å². The van der Waals surface area contributed by atoms with Crippen molar-refractivity contribution in [2.75, 3.05) is 46.2 Å². The predicted octanol–water partition coefficient (Wildman–Crippen LogP) is 3.47. The molecule has 0 radical (unpaired) electrons. The van der Waals surface area contributed by atoms with E-state index in [-0.39, 0.29) is 29.8 Å². The first-order valence-corrected chi connectivity index (χ1v) is 9.06. The summed E-state index contributed by atoms with van der Waals surface area (Å²) in [6.45, 7) is 3.16. The Morgan fingerprint density at radius 2 is 2.17 bits per heavy atom. The summed E-state index contributed by atoms with van der Waals surface area (Å²) in [5.74, 6) is 2.26. The van der Waals surface area contributed by atoms with E-state index >= 15 is 0 Å². The minimum atomic E-state index is -0.160. The van der Waals surface area contributed by atoms with Gasteiger partial charge in [0.05, 0.1) is 6.61 Å². The van der Waals surface area contributed by atoms with E-state index in [1.807, 2.05) is 13.1 Å². The maximum absolute atomic E-state index is 13.5. The Labute approximate surface area is 165 Å². The van der Waals surface area contributed by atoms with Crippen LogP contribution in [0.5, 0.6) is 0 Å². The quantitative estimate of drug-likeness (QED) is 0.199. The van der Waals surface area contributed by atoms with Crippen molar-refractivity contribution >= 4 is 41.7 Å². The number of guanidine groups is 1. The zero-order valence-electron chi connectivity index (χ0n) is 14.3. The van der Waals surface area contributed by atoms with Gasteiger partial charge in [-0.25, -0.2) is 4.39 Å². The van der Waals surface area contributed by atoms with Crippen molar-refractivity contribution in [1.29, 1.82) is 0 Å². The highest BCUT2D eigenvalue weighted by Crippen LogP contribution is 2.28. The summed E-state index contributed by atoms with van der Waals surface area (Å²) >= 11 is 1.51. The van der Waals surface area contributed by atoms with Gasteiger partial charge < -0.3 is 15.0 Å². The molecule has 0 saturated heterocycles. The molecule has 0 unspecified atom stereocenters. The molecule has 0 aromatic heterocycles. The van der Waals surface area contributed by atoms with Crippen LogP contribution < -0.4 is 5.32 Å². The fourth-order valence-corrected chi connectivity index (χ4v) is 2.92. The lowest BCUT2D eigenvalue weighted by molar-refractivity contribution is 0.115. The second-order valence-electron chi connectivity index (χ2n) is 5.69. The normalized spacial score (nSPS) is 14.2. The standard InChI is InChI=1S/C17H26FN3OS.HI/c1-19-17(21(2)10-11-22-13-14-7-8-14)20-9-12-23-16-6-4-3-5-15(16)18;/h3-6,14H,7-13H2,1-2H3,(H,19,20);1H. The van der Waals surface area contributed by atoms with Crippen molar-refractivity contribution in [3.8, 4) is 0 Å².